The molecule has 1 N–H and O–H groups in total. The largest absolute Gasteiger partial charge is 0.496 e. The third-order valence-corrected chi connectivity index (χ3v) is 3.62. The average molecular weight is 284 g/mol. The minimum absolute atomic E-state index is 0.0921. The van der Waals surface area contributed by atoms with Crippen LogP contribution in [0.25, 0.3) is 10.8 Å². The summed E-state index contributed by atoms with van der Waals surface area (Å²) in [4.78, 5) is 25.6. The molecule has 108 valence electrons. The fraction of sp³-hybridized carbons (Fsp3) is 0.250. The fourth-order valence-corrected chi connectivity index (χ4v) is 2.54. The van der Waals surface area contributed by atoms with E-state index < -0.39 is 0 Å². The Morgan fingerprint density at radius 3 is 2.62 bits per heavy atom. The van der Waals surface area contributed by atoms with Gasteiger partial charge in [-0.1, -0.05) is 24.3 Å². The predicted octanol–water partition coefficient (Wildman–Crippen LogP) is 1.42. The Labute approximate surface area is 122 Å². The van der Waals surface area contributed by atoms with E-state index in [-0.39, 0.29) is 18.4 Å². The molecule has 2 aromatic rings. The molecule has 0 radical (unpaired) electrons. The number of ether oxygens (including phenoxy) is 1. The van der Waals surface area contributed by atoms with E-state index in [9.17, 15) is 9.59 Å². The number of piperazine rings is 1. The first-order chi connectivity index (χ1) is 10.2. The molecule has 1 heterocycles. The Balaban J connectivity index is 2.01. The van der Waals surface area contributed by atoms with E-state index in [0.29, 0.717) is 24.4 Å². The Hall–Kier alpha value is -2.56. The van der Waals surface area contributed by atoms with E-state index in [1.165, 1.54) is 0 Å². The molecule has 1 fully saturated rings. The summed E-state index contributed by atoms with van der Waals surface area (Å²) in [7, 11) is 1.55. The van der Waals surface area contributed by atoms with Crippen LogP contribution in [0.1, 0.15) is 10.4 Å². The summed E-state index contributed by atoms with van der Waals surface area (Å²) >= 11 is 0. The molecule has 1 aliphatic rings. The van der Waals surface area contributed by atoms with Gasteiger partial charge in [0.2, 0.25) is 5.91 Å². The van der Waals surface area contributed by atoms with E-state index in [1.807, 2.05) is 36.4 Å². The van der Waals surface area contributed by atoms with E-state index in [0.717, 1.165) is 10.8 Å². The summed E-state index contributed by atoms with van der Waals surface area (Å²) < 4.78 is 5.34. The van der Waals surface area contributed by atoms with Crippen molar-refractivity contribution in [3.8, 4) is 5.75 Å². The third-order valence-electron chi connectivity index (χ3n) is 3.62. The molecule has 0 aliphatic carbocycles. The Bertz CT molecular complexity index is 712. The van der Waals surface area contributed by atoms with Crippen LogP contribution in [0, 0.1) is 0 Å². The highest BCUT2D eigenvalue weighted by atomic mass is 16.5. The quantitative estimate of drug-likeness (QED) is 0.907. The van der Waals surface area contributed by atoms with Gasteiger partial charge in [-0.3, -0.25) is 9.59 Å². The van der Waals surface area contributed by atoms with Crippen molar-refractivity contribution in [3.63, 3.8) is 0 Å². The minimum atomic E-state index is -0.174. The van der Waals surface area contributed by atoms with Crippen LogP contribution in [0.3, 0.4) is 0 Å². The van der Waals surface area contributed by atoms with Crippen LogP contribution in [0.2, 0.25) is 0 Å². The molecule has 5 heteroatoms. The van der Waals surface area contributed by atoms with Crippen LogP contribution in [-0.4, -0.2) is 43.5 Å². The maximum atomic E-state index is 12.6. The summed E-state index contributed by atoms with van der Waals surface area (Å²) in [5.41, 5.74) is 0.492. The maximum Gasteiger partial charge on any atom is 0.258 e. The van der Waals surface area contributed by atoms with Crippen molar-refractivity contribution in [1.29, 1.82) is 0 Å². The SMILES string of the molecule is COc1cc2ccccc2cc1C(=O)N1CCNC(=O)C1. The summed E-state index contributed by atoms with van der Waals surface area (Å²) in [5, 5.41) is 4.70. The molecule has 2 amide bonds. The molecule has 1 aliphatic heterocycles. The van der Waals surface area contributed by atoms with Crippen molar-refractivity contribution < 1.29 is 14.3 Å². The average Bonchev–Trinajstić information content (AvgIpc) is 2.53. The molecule has 0 unspecified atom stereocenters. The molecule has 5 nitrogen and oxygen atoms in total. The molecular formula is C16H16N2O3. The zero-order chi connectivity index (χ0) is 14.8. The number of carbonyl (C=O) groups is 2. The van der Waals surface area contributed by atoms with E-state index >= 15 is 0 Å². The number of amides is 2. The highest BCUT2D eigenvalue weighted by molar-refractivity contribution is 6.03. The van der Waals surface area contributed by atoms with Gasteiger partial charge in [-0.05, 0) is 22.9 Å². The number of methoxy groups -OCH3 is 1. The summed E-state index contributed by atoms with van der Waals surface area (Å²) in [6.07, 6.45) is 0. The Morgan fingerprint density at radius 2 is 1.95 bits per heavy atom. The van der Waals surface area contributed by atoms with Crippen LogP contribution in [0.15, 0.2) is 36.4 Å². The lowest BCUT2D eigenvalue weighted by molar-refractivity contribution is -0.123. The molecule has 1 saturated heterocycles. The normalized spacial score (nSPS) is 14.9. The second-order valence-electron chi connectivity index (χ2n) is 4.98. The van der Waals surface area contributed by atoms with Crippen LogP contribution in [0.5, 0.6) is 5.75 Å². The summed E-state index contributed by atoms with van der Waals surface area (Å²) in [6.45, 7) is 1.09. The van der Waals surface area contributed by atoms with Crippen molar-refractivity contribution >= 4 is 22.6 Å². The lowest BCUT2D eigenvalue weighted by Crippen LogP contribution is -2.50. The van der Waals surface area contributed by atoms with Gasteiger partial charge in [0.15, 0.2) is 0 Å². The molecule has 2 aromatic carbocycles. The van der Waals surface area contributed by atoms with Gasteiger partial charge in [-0.25, -0.2) is 0 Å². The lowest BCUT2D eigenvalue weighted by Gasteiger charge is -2.27. The zero-order valence-corrected chi connectivity index (χ0v) is 11.8. The van der Waals surface area contributed by atoms with Gasteiger partial charge in [-0.15, -0.1) is 0 Å². The van der Waals surface area contributed by atoms with Gasteiger partial charge in [0.05, 0.1) is 19.2 Å². The first-order valence-electron chi connectivity index (χ1n) is 6.82. The summed E-state index contributed by atoms with van der Waals surface area (Å²) in [5.74, 6) is 0.228. The molecule has 3 rings (SSSR count). The number of carbonyl (C=O) groups excluding carboxylic acids is 2. The van der Waals surface area contributed by atoms with Gasteiger partial charge in [-0.2, -0.15) is 0 Å². The molecule has 0 saturated carbocycles. The van der Waals surface area contributed by atoms with Crippen molar-refractivity contribution in [2.75, 3.05) is 26.7 Å². The molecular weight excluding hydrogens is 268 g/mol. The van der Waals surface area contributed by atoms with Crippen LogP contribution >= 0.6 is 0 Å². The van der Waals surface area contributed by atoms with Crippen LogP contribution in [-0.2, 0) is 4.79 Å². The fourth-order valence-electron chi connectivity index (χ4n) is 2.54. The summed E-state index contributed by atoms with van der Waals surface area (Å²) in [6, 6.07) is 11.5. The highest BCUT2D eigenvalue weighted by Crippen LogP contribution is 2.27. The monoisotopic (exact) mass is 284 g/mol. The third kappa shape index (κ3) is 2.54. The van der Waals surface area contributed by atoms with Crippen LogP contribution in [0.4, 0.5) is 0 Å². The van der Waals surface area contributed by atoms with Crippen LogP contribution < -0.4 is 10.1 Å². The smallest absolute Gasteiger partial charge is 0.258 e. The van der Waals surface area contributed by atoms with Gasteiger partial charge in [0.25, 0.3) is 5.91 Å². The minimum Gasteiger partial charge on any atom is -0.496 e. The molecule has 0 bridgehead atoms. The van der Waals surface area contributed by atoms with Crippen molar-refractivity contribution in [3.05, 3.63) is 42.0 Å². The lowest BCUT2D eigenvalue weighted by atomic mass is 10.0. The topological polar surface area (TPSA) is 58.6 Å². The number of fused-ring (bicyclic) bond motifs is 1. The second kappa shape index (κ2) is 5.44. The van der Waals surface area contributed by atoms with Gasteiger partial charge in [0.1, 0.15) is 5.75 Å². The Kier molecular flexibility index (Phi) is 3.48. The second-order valence-corrected chi connectivity index (χ2v) is 4.98. The number of benzene rings is 2. The van der Waals surface area contributed by atoms with E-state index in [2.05, 4.69) is 5.32 Å². The first kappa shape index (κ1) is 13.4. The maximum absolute atomic E-state index is 12.6. The molecule has 0 spiro atoms. The number of nitrogens with one attached hydrogen (secondary N) is 1. The van der Waals surface area contributed by atoms with Crippen molar-refractivity contribution in [2.45, 2.75) is 0 Å². The van der Waals surface area contributed by atoms with Gasteiger partial charge >= 0.3 is 0 Å². The zero-order valence-electron chi connectivity index (χ0n) is 11.8. The van der Waals surface area contributed by atoms with Crippen molar-refractivity contribution in [2.24, 2.45) is 0 Å². The molecule has 0 atom stereocenters. The number of rotatable bonds is 2. The number of hydrogen-bond donors (Lipinski definition) is 1. The van der Waals surface area contributed by atoms with E-state index in [4.69, 9.17) is 4.74 Å². The number of hydrogen-bond acceptors (Lipinski definition) is 3. The van der Waals surface area contributed by atoms with Gasteiger partial charge in [0, 0.05) is 13.1 Å². The molecule has 0 aromatic heterocycles. The van der Waals surface area contributed by atoms with Gasteiger partial charge < -0.3 is 15.0 Å². The van der Waals surface area contributed by atoms with Crippen molar-refractivity contribution in [1.82, 2.24) is 10.2 Å². The standard InChI is InChI=1S/C16H16N2O3/c1-21-14-9-12-5-3-2-4-11(12)8-13(14)16(20)18-7-6-17-15(19)10-18/h2-5,8-9H,6-7,10H2,1H3,(H,17,19). The number of nitrogens with zero attached hydrogens (tertiary/aromatic N) is 1. The first-order valence-corrected chi connectivity index (χ1v) is 6.82. The molecule has 21 heavy (non-hydrogen) atoms. The Morgan fingerprint density at radius 1 is 1.24 bits per heavy atom. The van der Waals surface area contributed by atoms with E-state index in [1.54, 1.807) is 12.0 Å². The predicted molar refractivity (Wildman–Crippen MR) is 79.4 cm³/mol. The highest BCUT2D eigenvalue weighted by Gasteiger charge is 2.24.